The number of methoxy groups -OCH3 is 1. The number of carbonyl (C=O) groups is 2. The van der Waals surface area contributed by atoms with Gasteiger partial charge in [-0.25, -0.2) is 4.98 Å². The Balaban J connectivity index is 1.74. The number of likely N-dealkylation sites (tertiary alicyclic amines) is 2. The number of rotatable bonds is 4. The average Bonchev–Trinajstić information content (AvgIpc) is 2.65. The topological polar surface area (TPSA) is 83.0 Å². The lowest BCUT2D eigenvalue weighted by molar-refractivity contribution is -0.139. The number of ether oxygens (including phenoxy) is 1. The third-order valence-electron chi connectivity index (χ3n) is 5.26. The van der Waals surface area contributed by atoms with Gasteiger partial charge in [0.05, 0.1) is 13.7 Å². The largest absolute Gasteiger partial charge is 0.481 e. The fourth-order valence-corrected chi connectivity index (χ4v) is 3.98. The van der Waals surface area contributed by atoms with Gasteiger partial charge in [-0.3, -0.25) is 9.59 Å². The van der Waals surface area contributed by atoms with Gasteiger partial charge in [0.2, 0.25) is 11.8 Å². The van der Waals surface area contributed by atoms with Crippen LogP contribution in [0.25, 0.3) is 0 Å². The first-order valence-electron chi connectivity index (χ1n) is 8.75. The quantitative estimate of drug-likeness (QED) is 0.876. The molecule has 7 nitrogen and oxygen atoms in total. The second kappa shape index (κ2) is 7.39. The van der Waals surface area contributed by atoms with Crippen molar-refractivity contribution < 1.29 is 19.4 Å². The van der Waals surface area contributed by atoms with Gasteiger partial charge in [0.25, 0.3) is 5.91 Å². The summed E-state index contributed by atoms with van der Waals surface area (Å²) in [4.78, 5) is 32.6. The molecule has 0 bridgehead atoms. The number of nitrogens with zero attached hydrogens (tertiary/aromatic N) is 3. The highest BCUT2D eigenvalue weighted by molar-refractivity contribution is 5.94. The summed E-state index contributed by atoms with van der Waals surface area (Å²) in [6.45, 7) is 2.33. The molecule has 1 atom stereocenters. The minimum Gasteiger partial charge on any atom is -0.481 e. The van der Waals surface area contributed by atoms with E-state index < -0.39 is 0 Å². The fraction of sp³-hybridized carbons (Fsp3) is 0.611. The van der Waals surface area contributed by atoms with Crippen molar-refractivity contribution in [2.24, 2.45) is 5.41 Å². The lowest BCUT2D eigenvalue weighted by atomic mass is 9.73. The number of amides is 2. The van der Waals surface area contributed by atoms with Gasteiger partial charge in [-0.15, -0.1) is 0 Å². The van der Waals surface area contributed by atoms with Crippen LogP contribution in [0.4, 0.5) is 0 Å². The molecule has 0 aromatic carbocycles. The van der Waals surface area contributed by atoms with Crippen molar-refractivity contribution >= 4 is 11.8 Å². The van der Waals surface area contributed by atoms with E-state index in [-0.39, 0.29) is 23.8 Å². The third-order valence-corrected chi connectivity index (χ3v) is 5.26. The Bertz CT molecular complexity index is 651. The molecule has 3 heterocycles. The summed E-state index contributed by atoms with van der Waals surface area (Å²) in [6, 6.07) is 3.36. The summed E-state index contributed by atoms with van der Waals surface area (Å²) < 4.78 is 5.11. The molecule has 1 spiro atoms. The van der Waals surface area contributed by atoms with Crippen LogP contribution in [0.2, 0.25) is 0 Å². The molecular formula is C18H25N3O4. The zero-order valence-electron chi connectivity index (χ0n) is 14.6. The number of piperidine rings is 2. The highest BCUT2D eigenvalue weighted by atomic mass is 16.5. The van der Waals surface area contributed by atoms with Crippen LogP contribution in [0.15, 0.2) is 18.3 Å². The maximum absolute atomic E-state index is 12.9. The molecule has 2 amide bonds. The summed E-state index contributed by atoms with van der Waals surface area (Å²) >= 11 is 0. The maximum atomic E-state index is 12.9. The summed E-state index contributed by atoms with van der Waals surface area (Å²) in [5.41, 5.74) is 0.511. The summed E-state index contributed by atoms with van der Waals surface area (Å²) in [7, 11) is 1.53. The number of β-amino-alcohol motifs (C(OH)–C–C–N with tert-alkyl or cyclic N) is 1. The van der Waals surface area contributed by atoms with Crippen LogP contribution >= 0.6 is 0 Å². The normalized spacial score (nSPS) is 23.8. The summed E-state index contributed by atoms with van der Waals surface area (Å²) in [5, 5.41) is 9.19. The van der Waals surface area contributed by atoms with Crippen LogP contribution in [0, 0.1) is 5.41 Å². The third kappa shape index (κ3) is 3.76. The van der Waals surface area contributed by atoms with Crippen molar-refractivity contribution in [3.05, 3.63) is 23.9 Å². The number of aliphatic hydroxyl groups excluding tert-OH is 1. The first-order chi connectivity index (χ1) is 12.1. The highest BCUT2D eigenvalue weighted by Crippen LogP contribution is 2.39. The average molecular weight is 347 g/mol. The van der Waals surface area contributed by atoms with Gasteiger partial charge < -0.3 is 19.6 Å². The molecule has 0 aliphatic carbocycles. The van der Waals surface area contributed by atoms with Gasteiger partial charge in [0.15, 0.2) is 0 Å². The van der Waals surface area contributed by atoms with Gasteiger partial charge in [0, 0.05) is 55.8 Å². The van der Waals surface area contributed by atoms with Gasteiger partial charge in [0.1, 0.15) is 0 Å². The molecule has 25 heavy (non-hydrogen) atoms. The SMILES string of the molecule is COc1cc(C(=O)N2CCC[C@@]3(CCC(=O)N(CCO)C3)C2)ccn1. The summed E-state index contributed by atoms with van der Waals surface area (Å²) in [6.07, 6.45) is 4.80. The predicted molar refractivity (Wildman–Crippen MR) is 91.3 cm³/mol. The Kier molecular flexibility index (Phi) is 5.22. The van der Waals surface area contributed by atoms with Crippen molar-refractivity contribution in [2.45, 2.75) is 25.7 Å². The predicted octanol–water partition coefficient (Wildman–Crippen LogP) is 0.927. The molecule has 1 N–H and O–H groups in total. The van der Waals surface area contributed by atoms with Crippen LogP contribution < -0.4 is 4.74 Å². The van der Waals surface area contributed by atoms with Crippen LogP contribution in [0.5, 0.6) is 5.88 Å². The minimum atomic E-state index is -0.0614. The van der Waals surface area contributed by atoms with E-state index in [1.807, 2.05) is 4.90 Å². The number of hydrogen-bond donors (Lipinski definition) is 1. The Morgan fingerprint density at radius 2 is 2.24 bits per heavy atom. The van der Waals surface area contributed by atoms with E-state index in [0.29, 0.717) is 37.5 Å². The molecule has 0 unspecified atom stereocenters. The lowest BCUT2D eigenvalue weighted by Gasteiger charge is -2.48. The molecule has 2 saturated heterocycles. The number of pyridine rings is 1. The Hall–Kier alpha value is -2.15. The molecule has 7 heteroatoms. The van der Waals surface area contributed by atoms with Crippen LogP contribution in [0.1, 0.15) is 36.0 Å². The highest BCUT2D eigenvalue weighted by Gasteiger charge is 2.42. The fourth-order valence-electron chi connectivity index (χ4n) is 3.98. The number of hydrogen-bond acceptors (Lipinski definition) is 5. The molecule has 136 valence electrons. The van der Waals surface area contributed by atoms with E-state index in [4.69, 9.17) is 4.74 Å². The zero-order chi connectivity index (χ0) is 17.9. The standard InChI is InChI=1S/C18H25N3O4/c1-25-15-11-14(4-7-19-15)17(24)21-8-2-5-18(13-21)6-3-16(23)20(12-18)9-10-22/h4,7,11,22H,2-3,5-6,8-10,12-13H2,1H3/t18-/m0/s1. The first-order valence-corrected chi connectivity index (χ1v) is 8.75. The van der Waals surface area contributed by atoms with Crippen molar-refractivity contribution in [3.8, 4) is 5.88 Å². The second-order valence-electron chi connectivity index (χ2n) is 6.96. The Labute approximate surface area is 147 Å². The molecular weight excluding hydrogens is 322 g/mol. The molecule has 1 aromatic heterocycles. The molecule has 0 saturated carbocycles. The van der Waals surface area contributed by atoms with E-state index in [0.717, 1.165) is 25.8 Å². The molecule has 0 radical (unpaired) electrons. The number of carbonyl (C=O) groups excluding carboxylic acids is 2. The molecule has 2 fully saturated rings. The van der Waals surface area contributed by atoms with E-state index in [1.165, 1.54) is 7.11 Å². The van der Waals surface area contributed by atoms with E-state index in [9.17, 15) is 14.7 Å². The van der Waals surface area contributed by atoms with Crippen molar-refractivity contribution in [3.63, 3.8) is 0 Å². The monoisotopic (exact) mass is 347 g/mol. The maximum Gasteiger partial charge on any atom is 0.254 e. The smallest absolute Gasteiger partial charge is 0.254 e. The van der Waals surface area contributed by atoms with E-state index >= 15 is 0 Å². The van der Waals surface area contributed by atoms with E-state index in [1.54, 1.807) is 23.2 Å². The van der Waals surface area contributed by atoms with Gasteiger partial charge >= 0.3 is 0 Å². The number of aliphatic hydroxyl groups is 1. The van der Waals surface area contributed by atoms with Gasteiger partial charge in [-0.1, -0.05) is 0 Å². The van der Waals surface area contributed by atoms with Crippen LogP contribution in [-0.4, -0.2) is 71.6 Å². The molecule has 3 rings (SSSR count). The second-order valence-corrected chi connectivity index (χ2v) is 6.96. The molecule has 2 aliphatic rings. The Morgan fingerprint density at radius 1 is 1.40 bits per heavy atom. The van der Waals surface area contributed by atoms with Crippen molar-refractivity contribution in [1.82, 2.24) is 14.8 Å². The van der Waals surface area contributed by atoms with E-state index in [2.05, 4.69) is 4.98 Å². The van der Waals surface area contributed by atoms with Crippen molar-refractivity contribution in [1.29, 1.82) is 0 Å². The van der Waals surface area contributed by atoms with Crippen LogP contribution in [-0.2, 0) is 4.79 Å². The molecule has 1 aromatic rings. The number of aromatic nitrogens is 1. The Morgan fingerprint density at radius 3 is 3.00 bits per heavy atom. The summed E-state index contributed by atoms with van der Waals surface area (Å²) in [5.74, 6) is 0.502. The van der Waals surface area contributed by atoms with Gasteiger partial charge in [-0.05, 0) is 25.3 Å². The van der Waals surface area contributed by atoms with Crippen LogP contribution in [0.3, 0.4) is 0 Å². The van der Waals surface area contributed by atoms with Crippen molar-refractivity contribution in [2.75, 3.05) is 39.9 Å². The zero-order valence-corrected chi connectivity index (χ0v) is 14.6. The first kappa shape index (κ1) is 17.7. The lowest BCUT2D eigenvalue weighted by Crippen LogP contribution is -2.55. The van der Waals surface area contributed by atoms with Gasteiger partial charge in [-0.2, -0.15) is 0 Å². The molecule has 2 aliphatic heterocycles. The minimum absolute atomic E-state index is 0.0228.